The monoisotopic (exact) mass is 475 g/mol. The van der Waals surface area contributed by atoms with E-state index in [1.165, 1.54) is 6.08 Å². The molecule has 0 spiro atoms. The highest BCUT2D eigenvalue weighted by molar-refractivity contribution is 6.04. The summed E-state index contributed by atoms with van der Waals surface area (Å²) >= 11 is 0. The zero-order valence-corrected chi connectivity index (χ0v) is 20.0. The largest absolute Gasteiger partial charge is 0.322 e. The number of hydrogen-bond donors (Lipinski definition) is 2. The molecule has 8 heteroatoms. The van der Waals surface area contributed by atoms with Gasteiger partial charge in [-0.25, -0.2) is 9.67 Å². The van der Waals surface area contributed by atoms with Crippen LogP contribution < -0.4 is 5.32 Å². The highest BCUT2D eigenvalue weighted by Gasteiger charge is 2.14. The van der Waals surface area contributed by atoms with Gasteiger partial charge in [-0.05, 0) is 42.5 Å². The van der Waals surface area contributed by atoms with Crippen molar-refractivity contribution in [1.82, 2.24) is 29.9 Å². The van der Waals surface area contributed by atoms with Crippen molar-refractivity contribution in [3.05, 3.63) is 103 Å². The fourth-order valence-corrected chi connectivity index (χ4v) is 3.73. The van der Waals surface area contributed by atoms with E-state index in [1.54, 1.807) is 23.2 Å². The fourth-order valence-electron chi connectivity index (χ4n) is 3.73. The lowest BCUT2D eigenvalue weighted by atomic mass is 10.1. The average Bonchev–Trinajstić information content (AvgIpc) is 3.57. The molecule has 0 unspecified atom stereocenters. The van der Waals surface area contributed by atoms with Gasteiger partial charge in [-0.15, -0.1) is 0 Å². The van der Waals surface area contributed by atoms with E-state index in [4.69, 9.17) is 5.10 Å². The van der Waals surface area contributed by atoms with Crippen LogP contribution in [-0.2, 0) is 4.79 Å². The lowest BCUT2D eigenvalue weighted by molar-refractivity contribution is -0.111. The minimum atomic E-state index is -0.272. The Hall–Kier alpha value is -4.85. The van der Waals surface area contributed by atoms with Crippen LogP contribution in [-0.4, -0.2) is 35.9 Å². The second-order valence-corrected chi connectivity index (χ2v) is 8.52. The molecular formula is C28H25N7O. The van der Waals surface area contributed by atoms with E-state index in [0.717, 1.165) is 33.9 Å². The number of nitrogens with one attached hydrogen (secondary N) is 2. The van der Waals surface area contributed by atoms with Crippen molar-refractivity contribution in [3.8, 4) is 28.3 Å². The zero-order chi connectivity index (χ0) is 24.9. The van der Waals surface area contributed by atoms with Gasteiger partial charge in [-0.3, -0.25) is 14.9 Å². The topological polar surface area (TPSA) is 101 Å². The maximum atomic E-state index is 12.9. The van der Waals surface area contributed by atoms with Crippen molar-refractivity contribution in [2.45, 2.75) is 19.8 Å². The van der Waals surface area contributed by atoms with Crippen LogP contribution in [0.3, 0.4) is 0 Å². The lowest BCUT2D eigenvalue weighted by Gasteiger charge is -2.07. The number of nitrogens with zero attached hydrogens (tertiary/aromatic N) is 5. The van der Waals surface area contributed by atoms with Gasteiger partial charge in [0.1, 0.15) is 11.5 Å². The summed E-state index contributed by atoms with van der Waals surface area (Å²) in [5.41, 5.74) is 4.70. The third-order valence-electron chi connectivity index (χ3n) is 5.59. The first-order valence-electron chi connectivity index (χ1n) is 11.6. The molecule has 0 bridgehead atoms. The van der Waals surface area contributed by atoms with Crippen molar-refractivity contribution in [1.29, 1.82) is 0 Å². The molecule has 5 aromatic rings. The number of hydrogen-bond acceptors (Lipinski definition) is 5. The zero-order valence-electron chi connectivity index (χ0n) is 20.0. The molecule has 36 heavy (non-hydrogen) atoms. The lowest BCUT2D eigenvalue weighted by Crippen LogP contribution is -2.09. The third kappa shape index (κ3) is 4.97. The number of aromatic amines is 1. The molecule has 2 N–H and O–H groups in total. The van der Waals surface area contributed by atoms with Gasteiger partial charge < -0.3 is 5.32 Å². The smallest absolute Gasteiger partial charge is 0.248 e. The Morgan fingerprint density at radius 1 is 1.03 bits per heavy atom. The molecule has 0 aliphatic heterocycles. The number of amides is 1. The molecule has 5 rings (SSSR count). The van der Waals surface area contributed by atoms with Crippen LogP contribution in [0.1, 0.15) is 31.2 Å². The summed E-state index contributed by atoms with van der Waals surface area (Å²) < 4.78 is 1.80. The molecule has 3 heterocycles. The minimum absolute atomic E-state index is 0.224. The number of aromatic nitrogens is 6. The second kappa shape index (κ2) is 10.2. The number of para-hydroxylation sites is 2. The molecule has 0 atom stereocenters. The van der Waals surface area contributed by atoms with Crippen LogP contribution in [0.25, 0.3) is 34.4 Å². The van der Waals surface area contributed by atoms with E-state index in [0.29, 0.717) is 11.5 Å². The Morgan fingerprint density at radius 3 is 2.58 bits per heavy atom. The minimum Gasteiger partial charge on any atom is -0.322 e. The first-order valence-corrected chi connectivity index (χ1v) is 11.6. The van der Waals surface area contributed by atoms with Gasteiger partial charge in [0.2, 0.25) is 5.91 Å². The third-order valence-corrected chi connectivity index (χ3v) is 5.59. The predicted molar refractivity (Wildman–Crippen MR) is 140 cm³/mol. The molecular weight excluding hydrogens is 450 g/mol. The summed E-state index contributed by atoms with van der Waals surface area (Å²) in [5, 5.41) is 15.0. The van der Waals surface area contributed by atoms with Crippen LogP contribution in [0.2, 0.25) is 0 Å². The van der Waals surface area contributed by atoms with Gasteiger partial charge in [0, 0.05) is 47.3 Å². The van der Waals surface area contributed by atoms with Crippen molar-refractivity contribution in [3.63, 3.8) is 0 Å². The summed E-state index contributed by atoms with van der Waals surface area (Å²) in [5.74, 6) is 1.29. The molecule has 0 radical (unpaired) electrons. The normalized spacial score (nSPS) is 11.3. The molecule has 3 aromatic heterocycles. The highest BCUT2D eigenvalue weighted by Crippen LogP contribution is 2.27. The summed E-state index contributed by atoms with van der Waals surface area (Å²) in [4.78, 5) is 21.7. The molecule has 1 amide bonds. The van der Waals surface area contributed by atoms with Gasteiger partial charge in [-0.2, -0.15) is 10.2 Å². The Bertz CT molecular complexity index is 1500. The molecule has 8 nitrogen and oxygen atoms in total. The number of carbonyl (C=O) groups excluding carboxylic acids is 1. The predicted octanol–water partition coefficient (Wildman–Crippen LogP) is 5.49. The van der Waals surface area contributed by atoms with Gasteiger partial charge in [0.15, 0.2) is 5.82 Å². The van der Waals surface area contributed by atoms with E-state index in [1.807, 2.05) is 86.8 Å². The molecule has 2 aromatic carbocycles. The van der Waals surface area contributed by atoms with Gasteiger partial charge in [0.05, 0.1) is 11.4 Å². The molecule has 0 aliphatic carbocycles. The van der Waals surface area contributed by atoms with Crippen LogP contribution in [0.5, 0.6) is 0 Å². The molecule has 0 saturated carbocycles. The van der Waals surface area contributed by atoms with Crippen LogP contribution in [0.15, 0.2) is 91.4 Å². The van der Waals surface area contributed by atoms with Crippen molar-refractivity contribution in [2.24, 2.45) is 0 Å². The second-order valence-electron chi connectivity index (χ2n) is 8.52. The van der Waals surface area contributed by atoms with Gasteiger partial charge in [-0.1, -0.05) is 44.2 Å². The molecule has 0 fully saturated rings. The maximum absolute atomic E-state index is 12.9. The summed E-state index contributed by atoms with van der Waals surface area (Å²) in [6.45, 7) is 4.09. The standard InChI is InChI=1S/C28H25N7O/c1-19(2)27-31-28(33-32-27)23-12-6-7-13-24(23)30-25(36)15-14-21-18-35(22-10-4-3-5-11-22)34-26(21)20-9-8-16-29-17-20/h3-19H,1-2H3,(H,30,36)(H,31,32,33). The number of rotatable bonds is 7. The Balaban J connectivity index is 1.42. The fraction of sp³-hybridized carbons (Fsp3) is 0.107. The Kier molecular flexibility index (Phi) is 6.48. The quantitative estimate of drug-likeness (QED) is 0.303. The molecule has 0 aliphatic rings. The van der Waals surface area contributed by atoms with Gasteiger partial charge in [0.25, 0.3) is 0 Å². The van der Waals surface area contributed by atoms with E-state index in [9.17, 15) is 4.79 Å². The molecule has 0 saturated heterocycles. The van der Waals surface area contributed by atoms with Crippen LogP contribution >= 0.6 is 0 Å². The number of benzene rings is 2. The number of H-pyrrole nitrogens is 1. The Labute approximate surface area is 208 Å². The molecule has 178 valence electrons. The van der Waals surface area contributed by atoms with Crippen LogP contribution in [0, 0.1) is 0 Å². The van der Waals surface area contributed by atoms with E-state index in [-0.39, 0.29) is 11.8 Å². The maximum Gasteiger partial charge on any atom is 0.248 e. The highest BCUT2D eigenvalue weighted by atomic mass is 16.1. The summed E-state index contributed by atoms with van der Waals surface area (Å²) in [6, 6.07) is 21.1. The Morgan fingerprint density at radius 2 is 1.83 bits per heavy atom. The first-order chi connectivity index (χ1) is 17.6. The number of anilines is 1. The van der Waals surface area contributed by atoms with E-state index < -0.39 is 0 Å². The van der Waals surface area contributed by atoms with E-state index >= 15 is 0 Å². The van der Waals surface area contributed by atoms with E-state index in [2.05, 4.69) is 25.5 Å². The van der Waals surface area contributed by atoms with Gasteiger partial charge >= 0.3 is 0 Å². The summed E-state index contributed by atoms with van der Waals surface area (Å²) in [7, 11) is 0. The first kappa shape index (κ1) is 22.9. The van der Waals surface area contributed by atoms with Crippen molar-refractivity contribution < 1.29 is 4.79 Å². The SMILES string of the molecule is CC(C)c1nc(-c2ccccc2NC(=O)C=Cc2cn(-c3ccccc3)nc2-c2cccnc2)n[nH]1. The van der Waals surface area contributed by atoms with Crippen molar-refractivity contribution in [2.75, 3.05) is 5.32 Å². The van der Waals surface area contributed by atoms with Crippen LogP contribution in [0.4, 0.5) is 5.69 Å². The van der Waals surface area contributed by atoms with Crippen molar-refractivity contribution >= 4 is 17.7 Å². The summed E-state index contributed by atoms with van der Waals surface area (Å²) in [6.07, 6.45) is 8.64. The number of pyridine rings is 1. The average molecular weight is 476 g/mol. The number of carbonyl (C=O) groups is 1.